The molecule has 102 valence electrons. The minimum atomic E-state index is 0.253. The summed E-state index contributed by atoms with van der Waals surface area (Å²) in [7, 11) is 3.51. The standard InChI is InChI=1S/C13H28N2O2/c1-16-8-3-4-12(14)10-15-11-13(5-6-13)7-9-17-2/h12,15H,3-11,14H2,1-2H3. The second-order valence-electron chi connectivity index (χ2n) is 5.27. The van der Waals surface area contributed by atoms with Crippen molar-refractivity contribution in [2.24, 2.45) is 11.1 Å². The van der Waals surface area contributed by atoms with Crippen molar-refractivity contribution in [2.75, 3.05) is 40.5 Å². The largest absolute Gasteiger partial charge is 0.385 e. The summed E-state index contributed by atoms with van der Waals surface area (Å²) < 4.78 is 10.2. The summed E-state index contributed by atoms with van der Waals surface area (Å²) in [5, 5.41) is 3.50. The van der Waals surface area contributed by atoms with Crippen LogP contribution in [0.25, 0.3) is 0 Å². The van der Waals surface area contributed by atoms with Crippen LogP contribution in [0.5, 0.6) is 0 Å². The maximum absolute atomic E-state index is 6.02. The number of nitrogens with two attached hydrogens (primary N) is 1. The Morgan fingerprint density at radius 1 is 1.24 bits per heavy atom. The summed E-state index contributed by atoms with van der Waals surface area (Å²) in [5.41, 5.74) is 6.54. The van der Waals surface area contributed by atoms with Crippen molar-refractivity contribution in [3.63, 3.8) is 0 Å². The zero-order valence-corrected chi connectivity index (χ0v) is 11.3. The van der Waals surface area contributed by atoms with Crippen molar-refractivity contribution in [2.45, 2.75) is 38.1 Å². The number of hydrogen-bond donors (Lipinski definition) is 2. The predicted molar refractivity (Wildman–Crippen MR) is 70.1 cm³/mol. The molecule has 1 rings (SSSR count). The van der Waals surface area contributed by atoms with Gasteiger partial charge in [0, 0.05) is 46.6 Å². The Hall–Kier alpha value is -0.160. The number of nitrogens with one attached hydrogen (secondary N) is 1. The molecule has 0 aromatic heterocycles. The van der Waals surface area contributed by atoms with Crippen molar-refractivity contribution >= 4 is 0 Å². The average Bonchev–Trinajstić information content (AvgIpc) is 3.07. The predicted octanol–water partition coefficient (Wildman–Crippen LogP) is 1.15. The molecular formula is C13H28N2O2. The Bertz CT molecular complexity index is 196. The second-order valence-corrected chi connectivity index (χ2v) is 5.27. The minimum absolute atomic E-state index is 0.253. The number of rotatable bonds is 11. The molecule has 1 atom stereocenters. The van der Waals surface area contributed by atoms with Gasteiger partial charge in [0.15, 0.2) is 0 Å². The smallest absolute Gasteiger partial charge is 0.0468 e. The molecule has 1 aliphatic carbocycles. The molecule has 1 aliphatic rings. The quantitative estimate of drug-likeness (QED) is 0.535. The topological polar surface area (TPSA) is 56.5 Å². The van der Waals surface area contributed by atoms with Crippen molar-refractivity contribution in [3.05, 3.63) is 0 Å². The van der Waals surface area contributed by atoms with Crippen LogP contribution in [-0.4, -0.2) is 46.6 Å². The fraction of sp³-hybridized carbons (Fsp3) is 1.00. The van der Waals surface area contributed by atoms with Crippen LogP contribution in [0.2, 0.25) is 0 Å². The van der Waals surface area contributed by atoms with Gasteiger partial charge in [-0.3, -0.25) is 0 Å². The molecular weight excluding hydrogens is 216 g/mol. The van der Waals surface area contributed by atoms with Gasteiger partial charge in [0.25, 0.3) is 0 Å². The van der Waals surface area contributed by atoms with Gasteiger partial charge < -0.3 is 20.5 Å². The third-order valence-electron chi connectivity index (χ3n) is 3.62. The molecule has 0 aliphatic heterocycles. The van der Waals surface area contributed by atoms with E-state index in [4.69, 9.17) is 15.2 Å². The molecule has 0 bridgehead atoms. The molecule has 4 heteroatoms. The van der Waals surface area contributed by atoms with Gasteiger partial charge in [-0.25, -0.2) is 0 Å². The molecule has 4 nitrogen and oxygen atoms in total. The van der Waals surface area contributed by atoms with E-state index < -0.39 is 0 Å². The first kappa shape index (κ1) is 14.9. The molecule has 0 spiro atoms. The van der Waals surface area contributed by atoms with Crippen molar-refractivity contribution < 1.29 is 9.47 Å². The van der Waals surface area contributed by atoms with Crippen LogP contribution in [0.15, 0.2) is 0 Å². The molecule has 0 heterocycles. The van der Waals surface area contributed by atoms with Crippen LogP contribution in [-0.2, 0) is 9.47 Å². The van der Waals surface area contributed by atoms with E-state index in [1.54, 1.807) is 14.2 Å². The summed E-state index contributed by atoms with van der Waals surface area (Å²) in [6.07, 6.45) is 5.93. The Balaban J connectivity index is 1.99. The lowest BCUT2D eigenvalue weighted by Crippen LogP contribution is -2.37. The van der Waals surface area contributed by atoms with E-state index in [0.29, 0.717) is 5.41 Å². The van der Waals surface area contributed by atoms with Crippen LogP contribution < -0.4 is 11.1 Å². The van der Waals surface area contributed by atoms with E-state index in [0.717, 1.165) is 39.1 Å². The summed E-state index contributed by atoms with van der Waals surface area (Å²) in [4.78, 5) is 0. The number of methoxy groups -OCH3 is 2. The highest BCUT2D eigenvalue weighted by molar-refractivity contribution is 4.94. The molecule has 1 unspecified atom stereocenters. The number of hydrogen-bond acceptors (Lipinski definition) is 4. The Morgan fingerprint density at radius 2 is 1.94 bits per heavy atom. The number of ether oxygens (including phenoxy) is 2. The Kier molecular flexibility index (Phi) is 7.04. The van der Waals surface area contributed by atoms with Gasteiger partial charge in [-0.15, -0.1) is 0 Å². The molecule has 0 aromatic carbocycles. The van der Waals surface area contributed by atoms with E-state index >= 15 is 0 Å². The van der Waals surface area contributed by atoms with E-state index in [9.17, 15) is 0 Å². The van der Waals surface area contributed by atoms with Crippen molar-refractivity contribution in [1.82, 2.24) is 5.32 Å². The van der Waals surface area contributed by atoms with Gasteiger partial charge in [0.05, 0.1) is 0 Å². The van der Waals surface area contributed by atoms with Gasteiger partial charge in [0.2, 0.25) is 0 Å². The molecule has 0 aromatic rings. The van der Waals surface area contributed by atoms with Crippen LogP contribution in [0.4, 0.5) is 0 Å². The fourth-order valence-electron chi connectivity index (χ4n) is 2.13. The molecule has 0 radical (unpaired) electrons. The van der Waals surface area contributed by atoms with E-state index in [1.165, 1.54) is 19.3 Å². The maximum Gasteiger partial charge on any atom is 0.0468 e. The molecule has 1 saturated carbocycles. The third-order valence-corrected chi connectivity index (χ3v) is 3.62. The zero-order valence-electron chi connectivity index (χ0n) is 11.3. The molecule has 0 amide bonds. The first-order chi connectivity index (χ1) is 8.22. The van der Waals surface area contributed by atoms with Crippen molar-refractivity contribution in [1.29, 1.82) is 0 Å². The highest BCUT2D eigenvalue weighted by Crippen LogP contribution is 2.48. The molecule has 3 N–H and O–H groups in total. The molecule has 0 saturated heterocycles. The molecule has 17 heavy (non-hydrogen) atoms. The highest BCUT2D eigenvalue weighted by atomic mass is 16.5. The Labute approximate surface area is 105 Å². The fourth-order valence-corrected chi connectivity index (χ4v) is 2.13. The highest BCUT2D eigenvalue weighted by Gasteiger charge is 2.41. The summed E-state index contributed by atoms with van der Waals surface area (Å²) >= 11 is 0. The van der Waals surface area contributed by atoms with Gasteiger partial charge in [-0.05, 0) is 37.5 Å². The van der Waals surface area contributed by atoms with Crippen LogP contribution >= 0.6 is 0 Å². The Morgan fingerprint density at radius 3 is 2.53 bits per heavy atom. The van der Waals surface area contributed by atoms with E-state index in [2.05, 4.69) is 5.32 Å². The first-order valence-corrected chi connectivity index (χ1v) is 6.66. The SMILES string of the molecule is COCCCC(N)CNCC1(CCOC)CC1. The summed E-state index contributed by atoms with van der Waals surface area (Å²) in [6.45, 7) is 3.69. The first-order valence-electron chi connectivity index (χ1n) is 6.66. The maximum atomic E-state index is 6.02. The van der Waals surface area contributed by atoms with Gasteiger partial charge >= 0.3 is 0 Å². The lowest BCUT2D eigenvalue weighted by molar-refractivity contribution is 0.171. The van der Waals surface area contributed by atoms with Gasteiger partial charge in [-0.2, -0.15) is 0 Å². The lowest BCUT2D eigenvalue weighted by Gasteiger charge is -2.18. The molecule has 1 fully saturated rings. The van der Waals surface area contributed by atoms with Crippen LogP contribution in [0, 0.1) is 5.41 Å². The average molecular weight is 244 g/mol. The summed E-state index contributed by atoms with van der Waals surface area (Å²) in [5.74, 6) is 0. The van der Waals surface area contributed by atoms with Gasteiger partial charge in [0.1, 0.15) is 0 Å². The third kappa shape index (κ3) is 6.36. The van der Waals surface area contributed by atoms with Gasteiger partial charge in [-0.1, -0.05) is 0 Å². The lowest BCUT2D eigenvalue weighted by atomic mass is 10.0. The van der Waals surface area contributed by atoms with E-state index in [1.807, 2.05) is 0 Å². The second kappa shape index (κ2) is 8.03. The van der Waals surface area contributed by atoms with E-state index in [-0.39, 0.29) is 6.04 Å². The zero-order chi connectivity index (χ0) is 12.6. The van der Waals surface area contributed by atoms with Crippen LogP contribution in [0.1, 0.15) is 32.1 Å². The monoisotopic (exact) mass is 244 g/mol. The minimum Gasteiger partial charge on any atom is -0.385 e. The summed E-state index contributed by atoms with van der Waals surface area (Å²) in [6, 6.07) is 0.253. The normalized spacial score (nSPS) is 19.2. The van der Waals surface area contributed by atoms with Crippen LogP contribution in [0.3, 0.4) is 0 Å². The van der Waals surface area contributed by atoms with Crippen molar-refractivity contribution in [3.8, 4) is 0 Å².